The van der Waals surface area contributed by atoms with Crippen molar-refractivity contribution >= 4 is 33.1 Å². The van der Waals surface area contributed by atoms with Crippen LogP contribution in [0.2, 0.25) is 0 Å². The second-order valence-electron chi connectivity index (χ2n) is 8.13. The van der Waals surface area contributed by atoms with Gasteiger partial charge in [-0.1, -0.05) is 18.2 Å². The molecular formula is C25H24FN3O3S. The lowest BCUT2D eigenvalue weighted by molar-refractivity contribution is 0.0680. The molecule has 1 atom stereocenters. The monoisotopic (exact) mass is 465 g/mol. The highest BCUT2D eigenvalue weighted by molar-refractivity contribution is 7.20. The number of halogens is 1. The van der Waals surface area contributed by atoms with Crippen LogP contribution in [0, 0.1) is 12.7 Å². The molecule has 170 valence electrons. The number of hydrogen-bond acceptors (Lipinski definition) is 5. The first-order valence-corrected chi connectivity index (χ1v) is 11.7. The van der Waals surface area contributed by atoms with Crippen LogP contribution >= 0.6 is 11.3 Å². The summed E-state index contributed by atoms with van der Waals surface area (Å²) in [6, 6.07) is 15.6. The first-order valence-electron chi connectivity index (χ1n) is 10.9. The maximum absolute atomic E-state index is 13.2. The Morgan fingerprint density at radius 2 is 2.12 bits per heavy atom. The highest BCUT2D eigenvalue weighted by atomic mass is 32.1. The lowest BCUT2D eigenvalue weighted by atomic mass is 10.2. The maximum atomic E-state index is 13.2. The first-order chi connectivity index (χ1) is 16.0. The van der Waals surface area contributed by atoms with E-state index in [-0.39, 0.29) is 17.8 Å². The molecule has 1 amide bonds. The van der Waals surface area contributed by atoms with Crippen LogP contribution in [0.4, 0.5) is 10.1 Å². The van der Waals surface area contributed by atoms with Gasteiger partial charge in [-0.25, -0.2) is 4.39 Å². The van der Waals surface area contributed by atoms with Gasteiger partial charge in [-0.15, -0.1) is 11.3 Å². The van der Waals surface area contributed by atoms with E-state index < -0.39 is 0 Å². The second kappa shape index (κ2) is 9.33. The Morgan fingerprint density at radius 1 is 1.27 bits per heavy atom. The molecule has 6 nitrogen and oxygen atoms in total. The summed E-state index contributed by atoms with van der Waals surface area (Å²) in [5.74, 6) is 0.252. The van der Waals surface area contributed by atoms with Crippen LogP contribution in [-0.4, -0.2) is 35.0 Å². The maximum Gasteiger partial charge on any atom is 0.265 e. The Kier molecular flexibility index (Phi) is 6.11. The largest absolute Gasteiger partial charge is 0.491 e. The van der Waals surface area contributed by atoms with Gasteiger partial charge in [-0.2, -0.15) is 5.10 Å². The number of thiophene rings is 1. The highest BCUT2D eigenvalue weighted by Gasteiger charge is 2.18. The second-order valence-corrected chi connectivity index (χ2v) is 9.16. The van der Waals surface area contributed by atoms with Crippen molar-refractivity contribution in [1.29, 1.82) is 0 Å². The molecule has 4 aromatic rings. The zero-order valence-electron chi connectivity index (χ0n) is 18.2. The molecule has 1 N–H and O–H groups in total. The first kappa shape index (κ1) is 21.6. The summed E-state index contributed by atoms with van der Waals surface area (Å²) in [6.07, 6.45) is 2.22. The number of carbonyl (C=O) groups excluding carboxylic acids is 1. The molecule has 2 aromatic carbocycles. The predicted octanol–water partition coefficient (Wildman–Crippen LogP) is 5.40. The van der Waals surface area contributed by atoms with Crippen LogP contribution in [0.3, 0.4) is 0 Å². The summed E-state index contributed by atoms with van der Waals surface area (Å²) in [6.45, 7) is 3.74. The minimum atomic E-state index is -0.267. The fraction of sp³-hybridized carbons (Fsp3) is 0.280. The molecule has 0 saturated carbocycles. The number of nitrogens with one attached hydrogen (secondary N) is 1. The van der Waals surface area contributed by atoms with E-state index in [1.165, 1.54) is 23.5 Å². The van der Waals surface area contributed by atoms with Crippen molar-refractivity contribution in [1.82, 2.24) is 9.78 Å². The summed E-state index contributed by atoms with van der Waals surface area (Å²) >= 11 is 1.39. The molecule has 33 heavy (non-hydrogen) atoms. The topological polar surface area (TPSA) is 65.4 Å². The molecule has 0 bridgehead atoms. The fourth-order valence-corrected chi connectivity index (χ4v) is 4.97. The highest BCUT2D eigenvalue weighted by Crippen LogP contribution is 2.30. The van der Waals surface area contributed by atoms with Crippen LogP contribution in [-0.2, 0) is 11.3 Å². The summed E-state index contributed by atoms with van der Waals surface area (Å²) in [5, 5.41) is 8.50. The standard InChI is InChI=1S/C25H24FN3O3S/c1-16-22-13-23(33-25(22)29(28-16)14-17-7-9-18(26)10-8-17)24(30)27-19-4-2-5-20(12-19)32-15-21-6-3-11-31-21/h2,4-5,7-10,12-13,21H,3,6,11,14-15H2,1H3,(H,27,30). The van der Waals surface area contributed by atoms with E-state index in [9.17, 15) is 9.18 Å². The number of aryl methyl sites for hydroxylation is 1. The molecule has 0 spiro atoms. The van der Waals surface area contributed by atoms with Crippen molar-refractivity contribution in [2.45, 2.75) is 32.4 Å². The molecule has 1 aliphatic heterocycles. The predicted molar refractivity (Wildman–Crippen MR) is 127 cm³/mol. The van der Waals surface area contributed by atoms with E-state index in [2.05, 4.69) is 10.4 Å². The van der Waals surface area contributed by atoms with Gasteiger partial charge in [0.05, 0.1) is 23.2 Å². The van der Waals surface area contributed by atoms with E-state index in [4.69, 9.17) is 9.47 Å². The number of amides is 1. The van der Waals surface area contributed by atoms with Gasteiger partial charge in [0, 0.05) is 23.7 Å². The molecule has 0 radical (unpaired) electrons. The van der Waals surface area contributed by atoms with Crippen molar-refractivity contribution < 1.29 is 18.7 Å². The lowest BCUT2D eigenvalue weighted by Crippen LogP contribution is -2.16. The van der Waals surface area contributed by atoms with Gasteiger partial charge in [-0.05, 0) is 55.7 Å². The molecule has 2 aromatic heterocycles. The number of hydrogen-bond donors (Lipinski definition) is 1. The van der Waals surface area contributed by atoms with E-state index >= 15 is 0 Å². The van der Waals surface area contributed by atoms with Crippen LogP contribution in [0.25, 0.3) is 10.2 Å². The Balaban J connectivity index is 1.29. The van der Waals surface area contributed by atoms with E-state index in [1.54, 1.807) is 12.1 Å². The van der Waals surface area contributed by atoms with Gasteiger partial charge in [0.1, 0.15) is 23.0 Å². The number of benzene rings is 2. The molecule has 1 saturated heterocycles. The third-order valence-electron chi connectivity index (χ3n) is 5.63. The number of nitrogens with zero attached hydrogens (tertiary/aromatic N) is 2. The van der Waals surface area contributed by atoms with Crippen LogP contribution in [0.1, 0.15) is 33.8 Å². The number of anilines is 1. The normalized spacial score (nSPS) is 15.8. The van der Waals surface area contributed by atoms with Crippen LogP contribution in [0.15, 0.2) is 54.6 Å². The molecule has 3 heterocycles. The quantitative estimate of drug-likeness (QED) is 0.397. The average Bonchev–Trinajstić information content (AvgIpc) is 3.54. The number of fused-ring (bicyclic) bond motifs is 1. The Hall–Kier alpha value is -3.23. The van der Waals surface area contributed by atoms with Gasteiger partial charge in [-0.3, -0.25) is 9.48 Å². The third-order valence-corrected chi connectivity index (χ3v) is 6.78. The zero-order chi connectivity index (χ0) is 22.8. The molecule has 0 aliphatic carbocycles. The van der Waals surface area contributed by atoms with Crippen LogP contribution in [0.5, 0.6) is 5.75 Å². The molecule has 1 unspecified atom stereocenters. The van der Waals surface area contributed by atoms with Crippen LogP contribution < -0.4 is 10.1 Å². The minimum absolute atomic E-state index is 0.138. The van der Waals surface area contributed by atoms with Crippen molar-refractivity contribution in [2.75, 3.05) is 18.5 Å². The van der Waals surface area contributed by atoms with Gasteiger partial charge in [0.15, 0.2) is 0 Å². The SMILES string of the molecule is Cc1nn(Cc2ccc(F)cc2)c2sc(C(=O)Nc3cccc(OCC4CCCO4)c3)cc12. The third kappa shape index (κ3) is 4.91. The van der Waals surface area contributed by atoms with Crippen molar-refractivity contribution in [3.8, 4) is 5.75 Å². The molecule has 1 fully saturated rings. The Morgan fingerprint density at radius 3 is 2.91 bits per heavy atom. The number of aromatic nitrogens is 2. The smallest absolute Gasteiger partial charge is 0.265 e. The molecule has 5 rings (SSSR count). The van der Waals surface area contributed by atoms with E-state index in [0.29, 0.717) is 29.5 Å². The Labute approximate surface area is 194 Å². The number of ether oxygens (including phenoxy) is 2. The number of carbonyl (C=O) groups is 1. The lowest BCUT2D eigenvalue weighted by Gasteiger charge is -2.12. The minimum Gasteiger partial charge on any atom is -0.491 e. The summed E-state index contributed by atoms with van der Waals surface area (Å²) in [4.78, 5) is 14.5. The fourth-order valence-electron chi connectivity index (χ4n) is 3.92. The van der Waals surface area contributed by atoms with Crippen molar-refractivity contribution in [3.63, 3.8) is 0 Å². The average molecular weight is 466 g/mol. The molecular weight excluding hydrogens is 441 g/mol. The molecule has 8 heteroatoms. The number of rotatable bonds is 7. The van der Waals surface area contributed by atoms with Gasteiger partial charge in [0.25, 0.3) is 5.91 Å². The van der Waals surface area contributed by atoms with E-state index in [0.717, 1.165) is 40.9 Å². The summed E-state index contributed by atoms with van der Waals surface area (Å²) in [5.41, 5.74) is 2.47. The molecule has 1 aliphatic rings. The van der Waals surface area contributed by atoms with Gasteiger partial charge >= 0.3 is 0 Å². The van der Waals surface area contributed by atoms with Crippen molar-refractivity contribution in [2.24, 2.45) is 0 Å². The van der Waals surface area contributed by atoms with Crippen molar-refractivity contribution in [3.05, 3.63) is 76.5 Å². The zero-order valence-corrected chi connectivity index (χ0v) is 19.0. The van der Waals surface area contributed by atoms with Gasteiger partial charge in [0.2, 0.25) is 0 Å². The Bertz CT molecular complexity index is 1280. The van der Waals surface area contributed by atoms with E-state index in [1.807, 2.05) is 41.9 Å². The summed E-state index contributed by atoms with van der Waals surface area (Å²) in [7, 11) is 0. The summed E-state index contributed by atoms with van der Waals surface area (Å²) < 4.78 is 26.5. The van der Waals surface area contributed by atoms with Gasteiger partial charge < -0.3 is 14.8 Å².